The minimum absolute atomic E-state index is 0.0518. The van der Waals surface area contributed by atoms with Gasteiger partial charge in [-0.2, -0.15) is 0 Å². The Morgan fingerprint density at radius 3 is 2.31 bits per heavy atom. The van der Waals surface area contributed by atoms with Gasteiger partial charge in [0.15, 0.2) is 0 Å². The van der Waals surface area contributed by atoms with Gasteiger partial charge >= 0.3 is 6.09 Å². The van der Waals surface area contributed by atoms with Crippen LogP contribution in [0.5, 0.6) is 0 Å². The third-order valence-corrected chi connectivity index (χ3v) is 5.49. The molecule has 1 saturated heterocycles. The van der Waals surface area contributed by atoms with Gasteiger partial charge in [0.2, 0.25) is 5.91 Å². The van der Waals surface area contributed by atoms with Gasteiger partial charge in [-0.1, -0.05) is 18.2 Å². The first-order chi connectivity index (χ1) is 15.1. The van der Waals surface area contributed by atoms with Crippen molar-refractivity contribution in [3.05, 3.63) is 35.9 Å². The number of methoxy groups -OCH3 is 1. The molecule has 8 nitrogen and oxygen atoms in total. The van der Waals surface area contributed by atoms with Gasteiger partial charge in [0.05, 0.1) is 6.61 Å². The summed E-state index contributed by atoms with van der Waals surface area (Å²) in [5.41, 5.74) is -0.117. The lowest BCUT2D eigenvalue weighted by Crippen LogP contribution is -2.50. The highest BCUT2D eigenvalue weighted by atomic mass is 16.6. The van der Waals surface area contributed by atoms with Gasteiger partial charge in [-0.3, -0.25) is 9.59 Å². The van der Waals surface area contributed by atoms with Crippen LogP contribution in [0, 0.1) is 5.41 Å². The molecular weight excluding hydrogens is 410 g/mol. The van der Waals surface area contributed by atoms with Crippen LogP contribution in [0.4, 0.5) is 4.79 Å². The molecule has 0 atom stereocenters. The zero-order chi connectivity index (χ0) is 23.6. The molecule has 32 heavy (non-hydrogen) atoms. The zero-order valence-corrected chi connectivity index (χ0v) is 19.7. The average Bonchev–Trinajstić information content (AvgIpc) is 2.75. The molecule has 0 spiro atoms. The number of ether oxygens (including phenoxy) is 2. The van der Waals surface area contributed by atoms with E-state index < -0.39 is 5.60 Å². The first-order valence-corrected chi connectivity index (χ1v) is 11.2. The predicted octanol–water partition coefficient (Wildman–Crippen LogP) is 2.98. The quantitative estimate of drug-likeness (QED) is 0.567. The second kappa shape index (κ2) is 11.9. The Bertz CT molecular complexity index is 753. The third kappa shape index (κ3) is 8.49. The van der Waals surface area contributed by atoms with E-state index in [9.17, 15) is 14.4 Å². The van der Waals surface area contributed by atoms with Crippen molar-refractivity contribution in [3.8, 4) is 0 Å². The lowest BCUT2D eigenvalue weighted by molar-refractivity contribution is -0.122. The fourth-order valence-corrected chi connectivity index (χ4v) is 3.69. The number of nitrogens with one attached hydrogen (secondary N) is 2. The summed E-state index contributed by atoms with van der Waals surface area (Å²) in [4.78, 5) is 38.4. The fourth-order valence-electron chi connectivity index (χ4n) is 3.69. The molecule has 0 aromatic heterocycles. The molecule has 1 aromatic rings. The molecule has 1 fully saturated rings. The number of carbonyl (C=O) groups is 3. The van der Waals surface area contributed by atoms with Crippen LogP contribution in [0.2, 0.25) is 0 Å². The predicted molar refractivity (Wildman–Crippen MR) is 122 cm³/mol. The Balaban J connectivity index is 1.72. The summed E-state index contributed by atoms with van der Waals surface area (Å²) in [6, 6.07) is 9.00. The lowest BCUT2D eigenvalue weighted by atomic mass is 9.79. The topological polar surface area (TPSA) is 97.0 Å². The maximum atomic E-state index is 12.3. The highest BCUT2D eigenvalue weighted by molar-refractivity contribution is 5.94. The molecule has 0 aliphatic carbocycles. The second-order valence-electron chi connectivity index (χ2n) is 9.40. The molecule has 0 radical (unpaired) electrons. The van der Waals surface area contributed by atoms with Crippen LogP contribution >= 0.6 is 0 Å². The first kappa shape index (κ1) is 25.6. The van der Waals surface area contributed by atoms with E-state index in [1.54, 1.807) is 24.1 Å². The molecular formula is C24H37N3O5. The number of likely N-dealkylation sites (tertiary alicyclic amines) is 1. The van der Waals surface area contributed by atoms with E-state index in [1.165, 1.54) is 0 Å². The Morgan fingerprint density at radius 1 is 1.06 bits per heavy atom. The Labute approximate surface area is 191 Å². The van der Waals surface area contributed by atoms with E-state index in [-0.39, 0.29) is 23.3 Å². The molecule has 3 amide bonds. The molecule has 2 rings (SSSR count). The van der Waals surface area contributed by atoms with Crippen LogP contribution in [0.3, 0.4) is 0 Å². The van der Waals surface area contributed by atoms with Crippen LogP contribution < -0.4 is 10.6 Å². The molecule has 0 bridgehead atoms. The van der Waals surface area contributed by atoms with E-state index in [0.29, 0.717) is 51.2 Å². The van der Waals surface area contributed by atoms with Crippen molar-refractivity contribution >= 4 is 17.9 Å². The molecule has 0 unspecified atom stereocenters. The van der Waals surface area contributed by atoms with Crippen LogP contribution in [0.25, 0.3) is 0 Å². The van der Waals surface area contributed by atoms with Gasteiger partial charge in [-0.25, -0.2) is 4.79 Å². The molecule has 1 aliphatic heterocycles. The Kier molecular flexibility index (Phi) is 9.50. The minimum atomic E-state index is -0.521. The summed E-state index contributed by atoms with van der Waals surface area (Å²) < 4.78 is 10.9. The largest absolute Gasteiger partial charge is 0.444 e. The van der Waals surface area contributed by atoms with Crippen LogP contribution in [0.15, 0.2) is 30.3 Å². The van der Waals surface area contributed by atoms with Crippen molar-refractivity contribution in [2.45, 2.75) is 52.1 Å². The summed E-state index contributed by atoms with van der Waals surface area (Å²) in [5, 5.41) is 5.84. The van der Waals surface area contributed by atoms with Crippen molar-refractivity contribution in [2.75, 3.05) is 39.9 Å². The van der Waals surface area contributed by atoms with Crippen molar-refractivity contribution in [3.63, 3.8) is 0 Å². The molecule has 1 aromatic carbocycles. The van der Waals surface area contributed by atoms with Gasteiger partial charge < -0.3 is 25.0 Å². The van der Waals surface area contributed by atoms with E-state index in [0.717, 1.165) is 12.8 Å². The number of carbonyl (C=O) groups excluding carboxylic acids is 3. The van der Waals surface area contributed by atoms with Crippen molar-refractivity contribution in [2.24, 2.45) is 5.41 Å². The zero-order valence-electron chi connectivity index (χ0n) is 19.7. The highest BCUT2D eigenvalue weighted by Gasteiger charge is 2.37. The Morgan fingerprint density at radius 2 is 1.72 bits per heavy atom. The number of rotatable bonds is 9. The summed E-state index contributed by atoms with van der Waals surface area (Å²) >= 11 is 0. The second-order valence-corrected chi connectivity index (χ2v) is 9.40. The molecule has 178 valence electrons. The smallest absolute Gasteiger partial charge is 0.410 e. The number of nitrogens with zero attached hydrogens (tertiary/aromatic N) is 1. The van der Waals surface area contributed by atoms with Crippen LogP contribution in [-0.2, 0) is 14.3 Å². The first-order valence-electron chi connectivity index (χ1n) is 11.2. The molecule has 0 saturated carbocycles. The van der Waals surface area contributed by atoms with Crippen LogP contribution in [-0.4, -0.2) is 68.3 Å². The van der Waals surface area contributed by atoms with E-state index in [2.05, 4.69) is 10.6 Å². The summed E-state index contributed by atoms with van der Waals surface area (Å²) in [6.07, 6.45) is 2.06. The fraction of sp³-hybridized carbons (Fsp3) is 0.625. The third-order valence-electron chi connectivity index (χ3n) is 5.49. The molecule has 8 heteroatoms. The van der Waals surface area contributed by atoms with E-state index in [1.807, 2.05) is 39.0 Å². The number of hydrogen-bond donors (Lipinski definition) is 2. The highest BCUT2D eigenvalue weighted by Crippen LogP contribution is 2.32. The maximum absolute atomic E-state index is 12.3. The normalized spacial score (nSPS) is 15.7. The summed E-state index contributed by atoms with van der Waals surface area (Å²) in [7, 11) is 1.65. The van der Waals surface area contributed by atoms with Gasteiger partial charge in [-0.15, -0.1) is 0 Å². The van der Waals surface area contributed by atoms with Crippen molar-refractivity contribution in [1.29, 1.82) is 0 Å². The van der Waals surface area contributed by atoms with Gasteiger partial charge in [0.25, 0.3) is 5.91 Å². The standard InChI is InChI=1S/C24H37N3O5/c1-23(2,3)32-22(30)27-15-12-24(13-16-27,18-31-4)17-26-20(28)11-8-14-25-21(29)19-9-6-5-7-10-19/h5-7,9-10H,8,11-18H2,1-4H3,(H,25,29)(H,26,28). The number of hydrogen-bond acceptors (Lipinski definition) is 5. The summed E-state index contributed by atoms with van der Waals surface area (Å²) in [5.74, 6) is -0.189. The Hall–Kier alpha value is -2.61. The SMILES string of the molecule is COCC1(CNC(=O)CCCNC(=O)c2ccccc2)CCN(C(=O)OC(C)(C)C)CC1. The van der Waals surface area contributed by atoms with Crippen molar-refractivity contribution in [1.82, 2.24) is 15.5 Å². The number of benzene rings is 1. The van der Waals surface area contributed by atoms with Crippen molar-refractivity contribution < 1.29 is 23.9 Å². The molecule has 1 aliphatic rings. The number of piperidine rings is 1. The molecule has 2 N–H and O–H groups in total. The molecule has 1 heterocycles. The van der Waals surface area contributed by atoms with E-state index in [4.69, 9.17) is 9.47 Å². The maximum Gasteiger partial charge on any atom is 0.410 e. The minimum Gasteiger partial charge on any atom is -0.444 e. The van der Waals surface area contributed by atoms with Crippen LogP contribution in [0.1, 0.15) is 56.8 Å². The monoisotopic (exact) mass is 447 g/mol. The summed E-state index contributed by atoms with van der Waals surface area (Å²) in [6.45, 7) is 8.15. The number of amides is 3. The average molecular weight is 448 g/mol. The van der Waals surface area contributed by atoms with Gasteiger partial charge in [-0.05, 0) is 52.2 Å². The van der Waals surface area contributed by atoms with Gasteiger partial charge in [0.1, 0.15) is 5.60 Å². The van der Waals surface area contributed by atoms with E-state index >= 15 is 0 Å². The lowest BCUT2D eigenvalue weighted by Gasteiger charge is -2.41. The van der Waals surface area contributed by atoms with Gasteiger partial charge in [0, 0.05) is 50.7 Å².